The Kier molecular flexibility index (Phi) is 5.65. The Morgan fingerprint density at radius 3 is 2.28 bits per heavy atom. The largest absolute Gasteiger partial charge is 0.497 e. The van der Waals surface area contributed by atoms with Crippen molar-refractivity contribution in [1.29, 1.82) is 0 Å². The van der Waals surface area contributed by atoms with Gasteiger partial charge in [0.25, 0.3) is 11.8 Å². The Hall–Kier alpha value is -3.26. The number of hydrogen-bond donors (Lipinski definition) is 2. The molecule has 0 radical (unpaired) electrons. The van der Waals surface area contributed by atoms with Crippen LogP contribution in [0.25, 0.3) is 0 Å². The van der Waals surface area contributed by atoms with E-state index < -0.39 is 29.5 Å². The van der Waals surface area contributed by atoms with E-state index in [0.717, 1.165) is 0 Å². The van der Waals surface area contributed by atoms with Crippen LogP contribution in [0.1, 0.15) is 19.4 Å². The number of halogens is 1. The number of hydrazine groups is 1. The molecule has 0 aliphatic carbocycles. The minimum absolute atomic E-state index is 0.428. The summed E-state index contributed by atoms with van der Waals surface area (Å²) in [5.41, 5.74) is 1.55. The Bertz CT molecular complexity index is 932. The molecule has 1 aliphatic rings. The summed E-state index contributed by atoms with van der Waals surface area (Å²) in [6.45, 7) is 3.07. The van der Waals surface area contributed by atoms with Gasteiger partial charge in [-0.15, -0.1) is 0 Å². The number of methoxy groups -OCH3 is 1. The number of carbonyl (C=O) groups excluding carboxylic acids is 3. The third-order valence-corrected chi connectivity index (χ3v) is 4.83. The molecular formula is C20H20ClN3O5. The Labute approximate surface area is 172 Å². The zero-order chi connectivity index (χ0) is 21.2. The summed E-state index contributed by atoms with van der Waals surface area (Å²) in [5, 5.41) is 3.81. The molecule has 2 aromatic carbocycles. The summed E-state index contributed by atoms with van der Waals surface area (Å²) < 4.78 is 10.6. The summed E-state index contributed by atoms with van der Waals surface area (Å²) >= 11 is 5.82. The molecule has 0 aromatic heterocycles. The van der Waals surface area contributed by atoms with Crippen molar-refractivity contribution < 1.29 is 23.9 Å². The molecule has 0 unspecified atom stereocenters. The van der Waals surface area contributed by atoms with E-state index in [9.17, 15) is 14.4 Å². The van der Waals surface area contributed by atoms with Crippen LogP contribution in [0.5, 0.6) is 11.5 Å². The summed E-state index contributed by atoms with van der Waals surface area (Å²) in [6, 6.07) is 12.5. The van der Waals surface area contributed by atoms with Crippen LogP contribution in [-0.4, -0.2) is 36.1 Å². The van der Waals surface area contributed by atoms with Crippen molar-refractivity contribution in [1.82, 2.24) is 15.8 Å². The molecule has 1 saturated heterocycles. The molecule has 4 amide bonds. The van der Waals surface area contributed by atoms with E-state index in [2.05, 4.69) is 10.7 Å². The predicted molar refractivity (Wildman–Crippen MR) is 105 cm³/mol. The number of carbonyl (C=O) groups is 3. The highest BCUT2D eigenvalue weighted by Gasteiger charge is 2.50. The molecule has 2 aromatic rings. The van der Waals surface area contributed by atoms with E-state index in [0.29, 0.717) is 27.1 Å². The lowest BCUT2D eigenvalue weighted by Crippen LogP contribution is -2.51. The molecule has 1 fully saturated rings. The van der Waals surface area contributed by atoms with Gasteiger partial charge < -0.3 is 14.8 Å². The summed E-state index contributed by atoms with van der Waals surface area (Å²) in [6.07, 6.45) is -0.954. The third kappa shape index (κ3) is 4.12. The molecule has 3 rings (SSSR count). The topological polar surface area (TPSA) is 97.0 Å². The van der Waals surface area contributed by atoms with Crippen molar-refractivity contribution in [2.24, 2.45) is 0 Å². The van der Waals surface area contributed by atoms with Gasteiger partial charge in [-0.1, -0.05) is 23.7 Å². The molecule has 8 nitrogen and oxygen atoms in total. The van der Waals surface area contributed by atoms with Gasteiger partial charge in [0.05, 0.1) is 7.11 Å². The predicted octanol–water partition coefficient (Wildman–Crippen LogP) is 2.61. The molecule has 2 N–H and O–H groups in total. The Morgan fingerprint density at radius 2 is 1.69 bits per heavy atom. The number of nitrogens with one attached hydrogen (secondary N) is 2. The maximum atomic E-state index is 12.9. The van der Waals surface area contributed by atoms with Crippen LogP contribution in [0.3, 0.4) is 0 Å². The zero-order valence-corrected chi connectivity index (χ0v) is 16.8. The van der Waals surface area contributed by atoms with Crippen molar-refractivity contribution in [2.45, 2.75) is 25.5 Å². The fourth-order valence-corrected chi connectivity index (χ4v) is 2.96. The molecule has 2 atom stereocenters. The van der Waals surface area contributed by atoms with E-state index in [1.807, 2.05) is 0 Å². The lowest BCUT2D eigenvalue weighted by molar-refractivity contribution is -0.141. The first-order chi connectivity index (χ1) is 13.7. The number of ether oxygens (including phenoxy) is 2. The quantitative estimate of drug-likeness (QED) is 0.704. The van der Waals surface area contributed by atoms with E-state index in [1.165, 1.54) is 14.0 Å². The van der Waals surface area contributed by atoms with E-state index in [-0.39, 0.29) is 0 Å². The van der Waals surface area contributed by atoms with Crippen LogP contribution in [0.15, 0.2) is 48.5 Å². The molecule has 0 saturated carbocycles. The molecule has 9 heteroatoms. The minimum Gasteiger partial charge on any atom is -0.497 e. The van der Waals surface area contributed by atoms with Gasteiger partial charge in [0.15, 0.2) is 6.10 Å². The molecular weight excluding hydrogens is 398 g/mol. The van der Waals surface area contributed by atoms with Crippen LogP contribution in [0.2, 0.25) is 5.02 Å². The lowest BCUT2D eigenvalue weighted by atomic mass is 9.92. The molecule has 29 heavy (non-hydrogen) atoms. The number of hydrogen-bond acceptors (Lipinski definition) is 5. The smallest absolute Gasteiger partial charge is 0.344 e. The number of nitrogens with zero attached hydrogens (tertiary/aromatic N) is 1. The van der Waals surface area contributed by atoms with Crippen molar-refractivity contribution in [3.63, 3.8) is 0 Å². The Morgan fingerprint density at radius 1 is 1.10 bits per heavy atom. The first-order valence-electron chi connectivity index (χ1n) is 8.78. The average molecular weight is 418 g/mol. The van der Waals surface area contributed by atoms with Crippen LogP contribution in [-0.2, 0) is 15.1 Å². The maximum Gasteiger partial charge on any atom is 0.344 e. The Balaban J connectivity index is 1.70. The standard InChI is InChI=1S/C20H20ClN3O5/c1-12(29-16-10-6-14(21)7-11-16)17(25)23-24-18(26)20(2,22-19(24)27)13-4-8-15(28-3)9-5-13/h4-12H,1-3H3,(H,22,27)(H,23,25)/t12-,20-/m1/s1. The minimum atomic E-state index is -1.32. The van der Waals surface area contributed by atoms with Gasteiger partial charge in [0.1, 0.15) is 17.0 Å². The highest BCUT2D eigenvalue weighted by atomic mass is 35.5. The van der Waals surface area contributed by atoms with Gasteiger partial charge in [0.2, 0.25) is 0 Å². The summed E-state index contributed by atoms with van der Waals surface area (Å²) in [5.74, 6) is -0.216. The second-order valence-electron chi connectivity index (χ2n) is 6.61. The molecule has 1 aliphatic heterocycles. The number of amides is 4. The van der Waals surface area contributed by atoms with Crippen molar-refractivity contribution >= 4 is 29.4 Å². The normalized spacial score (nSPS) is 19.5. The lowest BCUT2D eigenvalue weighted by Gasteiger charge is -2.23. The van der Waals surface area contributed by atoms with Gasteiger partial charge >= 0.3 is 6.03 Å². The second-order valence-corrected chi connectivity index (χ2v) is 7.05. The first kappa shape index (κ1) is 20.5. The van der Waals surface area contributed by atoms with Gasteiger partial charge in [0, 0.05) is 5.02 Å². The molecule has 152 valence electrons. The highest BCUT2D eigenvalue weighted by Crippen LogP contribution is 2.29. The van der Waals surface area contributed by atoms with Gasteiger partial charge in [-0.05, 0) is 55.8 Å². The van der Waals surface area contributed by atoms with Crippen LogP contribution in [0.4, 0.5) is 4.79 Å². The maximum absolute atomic E-state index is 12.9. The summed E-state index contributed by atoms with van der Waals surface area (Å²) in [7, 11) is 1.53. The highest BCUT2D eigenvalue weighted by molar-refractivity contribution is 6.30. The number of rotatable bonds is 6. The van der Waals surface area contributed by atoms with Crippen LogP contribution in [0, 0.1) is 0 Å². The molecule has 0 spiro atoms. The first-order valence-corrected chi connectivity index (χ1v) is 9.16. The van der Waals surface area contributed by atoms with Crippen LogP contribution < -0.4 is 20.2 Å². The fraction of sp³-hybridized carbons (Fsp3) is 0.250. The number of benzene rings is 2. The van der Waals surface area contributed by atoms with E-state index in [4.69, 9.17) is 21.1 Å². The summed E-state index contributed by atoms with van der Waals surface area (Å²) in [4.78, 5) is 37.7. The zero-order valence-electron chi connectivity index (χ0n) is 16.1. The van der Waals surface area contributed by atoms with Gasteiger partial charge in [-0.2, -0.15) is 5.01 Å². The monoisotopic (exact) mass is 417 g/mol. The van der Waals surface area contributed by atoms with Crippen LogP contribution >= 0.6 is 11.6 Å². The van der Waals surface area contributed by atoms with E-state index in [1.54, 1.807) is 55.5 Å². The van der Waals surface area contributed by atoms with Gasteiger partial charge in [-0.3, -0.25) is 15.0 Å². The van der Waals surface area contributed by atoms with Crippen molar-refractivity contribution in [3.8, 4) is 11.5 Å². The van der Waals surface area contributed by atoms with E-state index >= 15 is 0 Å². The van der Waals surface area contributed by atoms with Crippen molar-refractivity contribution in [2.75, 3.05) is 7.11 Å². The average Bonchev–Trinajstić information content (AvgIpc) is 2.93. The molecule has 1 heterocycles. The SMILES string of the molecule is COc1ccc([C@@]2(C)NC(=O)N(NC(=O)[C@@H](C)Oc3ccc(Cl)cc3)C2=O)cc1. The number of imide groups is 1. The van der Waals surface area contributed by atoms with Gasteiger partial charge in [-0.25, -0.2) is 4.79 Å². The second kappa shape index (κ2) is 8.00. The third-order valence-electron chi connectivity index (χ3n) is 4.58. The van der Waals surface area contributed by atoms with Crippen molar-refractivity contribution in [3.05, 3.63) is 59.1 Å². The number of urea groups is 1. The fourth-order valence-electron chi connectivity index (χ4n) is 2.83. The molecule has 0 bridgehead atoms.